The van der Waals surface area contributed by atoms with Gasteiger partial charge in [0.05, 0.1) is 11.3 Å². The number of rotatable bonds is 11. The highest BCUT2D eigenvalue weighted by Gasteiger charge is 2.26. The number of para-hydroxylation sites is 1. The second-order valence-electron chi connectivity index (χ2n) is 7.51. The predicted octanol–water partition coefficient (Wildman–Crippen LogP) is 3.41. The molecule has 2 atom stereocenters. The highest BCUT2D eigenvalue weighted by molar-refractivity contribution is 5.95. The quantitative estimate of drug-likeness (QED) is 0.301. The summed E-state index contributed by atoms with van der Waals surface area (Å²) in [6.45, 7) is 0. The maximum Gasteiger partial charge on any atom is 0.337 e. The van der Waals surface area contributed by atoms with Crippen LogP contribution in [0.3, 0.4) is 0 Å². The summed E-state index contributed by atoms with van der Waals surface area (Å²) in [5, 5.41) is 34.3. The van der Waals surface area contributed by atoms with Crippen molar-refractivity contribution >= 4 is 29.3 Å². The Kier molecular flexibility index (Phi) is 7.77. The van der Waals surface area contributed by atoms with E-state index < -0.39 is 30.0 Å². The van der Waals surface area contributed by atoms with E-state index in [2.05, 4.69) is 10.6 Å². The molecule has 0 aliphatic carbocycles. The Labute approximate surface area is 190 Å². The van der Waals surface area contributed by atoms with Crippen LogP contribution in [0.5, 0.6) is 0 Å². The highest BCUT2D eigenvalue weighted by Crippen LogP contribution is 2.21. The van der Waals surface area contributed by atoms with Gasteiger partial charge in [-0.3, -0.25) is 14.9 Å². The first-order valence-corrected chi connectivity index (χ1v) is 10.3. The maximum atomic E-state index is 11.8. The molecule has 8 heteroatoms. The topological polar surface area (TPSA) is 136 Å². The molecule has 170 valence electrons. The molecule has 0 bridgehead atoms. The Hall–Kier alpha value is -4.17. The van der Waals surface area contributed by atoms with Gasteiger partial charge in [-0.05, 0) is 48.2 Å². The molecule has 0 saturated heterocycles. The lowest BCUT2D eigenvalue weighted by molar-refractivity contribution is -0.142. The number of benzene rings is 3. The third-order valence-electron chi connectivity index (χ3n) is 5.11. The van der Waals surface area contributed by atoms with E-state index in [9.17, 15) is 29.7 Å². The number of nitrogens with one attached hydrogen (secondary N) is 2. The molecule has 3 aromatic rings. The van der Waals surface area contributed by atoms with E-state index in [0.29, 0.717) is 16.9 Å². The molecule has 0 aromatic heterocycles. The Morgan fingerprint density at radius 2 is 1.18 bits per heavy atom. The van der Waals surface area contributed by atoms with E-state index in [1.54, 1.807) is 66.7 Å². The van der Waals surface area contributed by atoms with Crippen molar-refractivity contribution in [2.75, 3.05) is 5.32 Å². The normalized spacial score (nSPS) is 12.5. The number of aliphatic carboxylic acids is 2. The number of hydrogen-bond acceptors (Lipinski definition) is 5. The van der Waals surface area contributed by atoms with Gasteiger partial charge in [0, 0.05) is 5.69 Å². The largest absolute Gasteiger partial charge is 0.480 e. The van der Waals surface area contributed by atoms with Crippen molar-refractivity contribution in [2.24, 2.45) is 0 Å². The van der Waals surface area contributed by atoms with Gasteiger partial charge in [-0.25, -0.2) is 4.79 Å². The lowest BCUT2D eigenvalue weighted by Crippen LogP contribution is -2.49. The molecule has 0 spiro atoms. The molecule has 33 heavy (non-hydrogen) atoms. The van der Waals surface area contributed by atoms with Gasteiger partial charge in [-0.1, -0.05) is 54.6 Å². The first-order chi connectivity index (χ1) is 15.8. The molecule has 8 nitrogen and oxygen atoms in total. The van der Waals surface area contributed by atoms with Gasteiger partial charge in [-0.15, -0.1) is 0 Å². The molecule has 5 N–H and O–H groups in total. The molecule has 3 rings (SSSR count). The third kappa shape index (κ3) is 6.65. The minimum absolute atomic E-state index is 0.0832. The van der Waals surface area contributed by atoms with Crippen LogP contribution < -0.4 is 10.6 Å². The van der Waals surface area contributed by atoms with Gasteiger partial charge < -0.3 is 20.6 Å². The van der Waals surface area contributed by atoms with Crippen molar-refractivity contribution in [3.63, 3.8) is 0 Å². The molecule has 0 saturated carbocycles. The molecule has 0 heterocycles. The average molecular weight is 448 g/mol. The number of carboxylic acids is 3. The second-order valence-corrected chi connectivity index (χ2v) is 7.51. The Bertz CT molecular complexity index is 1120. The second kappa shape index (κ2) is 10.9. The fourth-order valence-electron chi connectivity index (χ4n) is 3.42. The standard InChI is InChI=1S/C25H24N2O6/c28-23(29)19-8-4-5-9-20(19)26-18-12-10-17(11-13-18)15-22(25(32)33)27-21(24(30)31)14-16-6-2-1-3-7-16/h1-13,21-22,26-27H,14-15H2,(H,28,29)(H,30,31)(H,32,33). The zero-order valence-electron chi connectivity index (χ0n) is 17.6. The van der Waals surface area contributed by atoms with Crippen molar-refractivity contribution < 1.29 is 29.7 Å². The van der Waals surface area contributed by atoms with Gasteiger partial charge in [-0.2, -0.15) is 0 Å². The lowest BCUT2D eigenvalue weighted by Gasteiger charge is -2.21. The highest BCUT2D eigenvalue weighted by atomic mass is 16.4. The molecule has 0 radical (unpaired) electrons. The Morgan fingerprint density at radius 3 is 1.73 bits per heavy atom. The molecule has 2 unspecified atom stereocenters. The summed E-state index contributed by atoms with van der Waals surface area (Å²) in [5.74, 6) is -3.32. The summed E-state index contributed by atoms with van der Waals surface area (Å²) in [5.41, 5.74) is 2.69. The summed E-state index contributed by atoms with van der Waals surface area (Å²) in [6, 6.07) is 20.2. The van der Waals surface area contributed by atoms with Crippen LogP contribution >= 0.6 is 0 Å². The summed E-state index contributed by atoms with van der Waals surface area (Å²) < 4.78 is 0. The van der Waals surface area contributed by atoms with E-state index >= 15 is 0 Å². The molecule has 3 aromatic carbocycles. The Balaban J connectivity index is 1.69. The summed E-state index contributed by atoms with van der Waals surface area (Å²) in [6.07, 6.45) is 0.242. The molecule has 0 amide bonds. The number of carbonyl (C=O) groups is 3. The average Bonchev–Trinajstić information content (AvgIpc) is 2.80. The number of anilines is 2. The maximum absolute atomic E-state index is 11.8. The fraction of sp³-hybridized carbons (Fsp3) is 0.160. The van der Waals surface area contributed by atoms with Gasteiger partial charge in [0.25, 0.3) is 0 Å². The van der Waals surface area contributed by atoms with E-state index in [1.807, 2.05) is 6.07 Å². The number of aromatic carboxylic acids is 1. The van der Waals surface area contributed by atoms with Crippen LogP contribution in [0.25, 0.3) is 0 Å². The van der Waals surface area contributed by atoms with Crippen LogP contribution in [0.2, 0.25) is 0 Å². The first-order valence-electron chi connectivity index (χ1n) is 10.3. The summed E-state index contributed by atoms with van der Waals surface area (Å²) in [7, 11) is 0. The first kappa shape index (κ1) is 23.5. The van der Waals surface area contributed by atoms with E-state index in [-0.39, 0.29) is 18.4 Å². The van der Waals surface area contributed by atoms with E-state index in [0.717, 1.165) is 5.56 Å². The van der Waals surface area contributed by atoms with Crippen molar-refractivity contribution in [1.29, 1.82) is 0 Å². The summed E-state index contributed by atoms with van der Waals surface area (Å²) >= 11 is 0. The molecule has 0 aliphatic heterocycles. The van der Waals surface area contributed by atoms with Crippen molar-refractivity contribution in [3.8, 4) is 0 Å². The smallest absolute Gasteiger partial charge is 0.337 e. The summed E-state index contributed by atoms with van der Waals surface area (Å²) in [4.78, 5) is 34.9. The number of hydrogen-bond donors (Lipinski definition) is 5. The Morgan fingerprint density at radius 1 is 0.667 bits per heavy atom. The third-order valence-corrected chi connectivity index (χ3v) is 5.11. The predicted molar refractivity (Wildman–Crippen MR) is 123 cm³/mol. The molecule has 0 aliphatic rings. The SMILES string of the molecule is O=C(O)c1ccccc1Nc1ccc(CC(NC(Cc2ccccc2)C(=O)O)C(=O)O)cc1. The van der Waals surface area contributed by atoms with Crippen LogP contribution in [0, 0.1) is 0 Å². The minimum Gasteiger partial charge on any atom is -0.480 e. The number of carboxylic acid groups (broad SMARTS) is 3. The van der Waals surface area contributed by atoms with E-state index in [4.69, 9.17) is 0 Å². The molecular formula is C25H24N2O6. The fourth-order valence-corrected chi connectivity index (χ4v) is 3.42. The van der Waals surface area contributed by atoms with Gasteiger partial charge in [0.1, 0.15) is 12.1 Å². The minimum atomic E-state index is -1.15. The molecule has 0 fully saturated rings. The van der Waals surface area contributed by atoms with Gasteiger partial charge in [0.2, 0.25) is 0 Å². The van der Waals surface area contributed by atoms with Crippen molar-refractivity contribution in [1.82, 2.24) is 5.32 Å². The van der Waals surface area contributed by atoms with Crippen molar-refractivity contribution in [3.05, 3.63) is 95.6 Å². The zero-order chi connectivity index (χ0) is 23.8. The van der Waals surface area contributed by atoms with E-state index in [1.165, 1.54) is 6.07 Å². The van der Waals surface area contributed by atoms with Crippen LogP contribution in [0.15, 0.2) is 78.9 Å². The monoisotopic (exact) mass is 448 g/mol. The zero-order valence-corrected chi connectivity index (χ0v) is 17.6. The van der Waals surface area contributed by atoms with Crippen LogP contribution in [0.1, 0.15) is 21.5 Å². The van der Waals surface area contributed by atoms with Crippen LogP contribution in [0.4, 0.5) is 11.4 Å². The van der Waals surface area contributed by atoms with Crippen LogP contribution in [-0.4, -0.2) is 45.3 Å². The molecular weight excluding hydrogens is 424 g/mol. The van der Waals surface area contributed by atoms with Crippen LogP contribution in [-0.2, 0) is 22.4 Å². The lowest BCUT2D eigenvalue weighted by atomic mass is 10.0. The van der Waals surface area contributed by atoms with Crippen molar-refractivity contribution in [2.45, 2.75) is 24.9 Å². The van der Waals surface area contributed by atoms with Gasteiger partial charge >= 0.3 is 17.9 Å². The van der Waals surface area contributed by atoms with Gasteiger partial charge in [0.15, 0.2) is 0 Å².